The molecule has 36 heavy (non-hydrogen) atoms. The van der Waals surface area contributed by atoms with Crippen molar-refractivity contribution in [1.82, 2.24) is 14.9 Å². The van der Waals surface area contributed by atoms with Crippen LogP contribution >= 0.6 is 0 Å². The number of ether oxygens (including phenoxy) is 4. The van der Waals surface area contributed by atoms with E-state index < -0.39 is 5.60 Å². The van der Waals surface area contributed by atoms with Crippen LogP contribution in [0, 0.1) is 0 Å². The van der Waals surface area contributed by atoms with Gasteiger partial charge < -0.3 is 23.8 Å². The minimum absolute atomic E-state index is 0.125. The Balaban J connectivity index is 1.55. The Hall–Kier alpha value is -3.88. The average Bonchev–Trinajstić information content (AvgIpc) is 2.87. The molecule has 3 aromatic rings. The van der Waals surface area contributed by atoms with Crippen LogP contribution in [0.15, 0.2) is 42.7 Å². The molecule has 1 fully saturated rings. The van der Waals surface area contributed by atoms with E-state index in [0.29, 0.717) is 59.6 Å². The summed E-state index contributed by atoms with van der Waals surface area (Å²) in [5.74, 6) is 1.45. The summed E-state index contributed by atoms with van der Waals surface area (Å²) in [4.78, 5) is 35.9. The normalized spacial score (nSPS) is 14.4. The fraction of sp³-hybridized carbons (Fsp3) is 0.407. The smallest absolute Gasteiger partial charge is 0.410 e. The standard InChI is InChI=1S/C27H31N3O6/c1-27(2,3)36-26(32)30-12-10-19(11-13-30)35-23-14-20-21(15-22(23)34-5)28-16-29-24(20)25(31)17-6-8-18(33-4)9-7-17/h6-9,14-16,19H,10-13H2,1-5H3. The van der Waals surface area contributed by atoms with Crippen LogP contribution in [0.3, 0.4) is 0 Å². The molecule has 190 valence electrons. The number of aromatic nitrogens is 2. The molecule has 0 saturated carbocycles. The fourth-order valence-electron chi connectivity index (χ4n) is 4.04. The van der Waals surface area contributed by atoms with Gasteiger partial charge in [-0.1, -0.05) is 0 Å². The fourth-order valence-corrected chi connectivity index (χ4v) is 4.04. The van der Waals surface area contributed by atoms with Crippen LogP contribution in [-0.4, -0.2) is 65.8 Å². The maximum absolute atomic E-state index is 13.3. The van der Waals surface area contributed by atoms with Crippen LogP contribution in [-0.2, 0) is 4.74 Å². The highest BCUT2D eigenvalue weighted by Crippen LogP contribution is 2.35. The van der Waals surface area contributed by atoms with Crippen molar-refractivity contribution < 1.29 is 28.5 Å². The molecule has 0 aliphatic carbocycles. The van der Waals surface area contributed by atoms with E-state index >= 15 is 0 Å². The molecule has 0 atom stereocenters. The highest BCUT2D eigenvalue weighted by molar-refractivity contribution is 6.14. The number of hydrogen-bond donors (Lipinski definition) is 0. The van der Waals surface area contributed by atoms with Crippen LogP contribution in [0.2, 0.25) is 0 Å². The van der Waals surface area contributed by atoms with Gasteiger partial charge in [0.25, 0.3) is 0 Å². The van der Waals surface area contributed by atoms with Gasteiger partial charge in [-0.2, -0.15) is 0 Å². The summed E-state index contributed by atoms with van der Waals surface area (Å²) >= 11 is 0. The first kappa shape index (κ1) is 25.2. The molecule has 1 amide bonds. The highest BCUT2D eigenvalue weighted by atomic mass is 16.6. The molecule has 0 unspecified atom stereocenters. The van der Waals surface area contributed by atoms with Gasteiger partial charge in [0, 0.05) is 42.9 Å². The monoisotopic (exact) mass is 493 g/mol. The lowest BCUT2D eigenvalue weighted by Crippen LogP contribution is -2.44. The van der Waals surface area contributed by atoms with Gasteiger partial charge in [-0.05, 0) is 51.1 Å². The number of hydrogen-bond acceptors (Lipinski definition) is 8. The Morgan fingerprint density at radius 1 is 0.944 bits per heavy atom. The van der Waals surface area contributed by atoms with Gasteiger partial charge in [0.1, 0.15) is 29.5 Å². The number of nitrogens with zero attached hydrogens (tertiary/aromatic N) is 3. The molecule has 0 radical (unpaired) electrons. The van der Waals surface area contributed by atoms with Gasteiger partial charge in [0.2, 0.25) is 5.78 Å². The number of ketones is 1. The summed E-state index contributed by atoms with van der Waals surface area (Å²) in [5.41, 5.74) is 0.804. The molecule has 9 nitrogen and oxygen atoms in total. The van der Waals surface area contributed by atoms with Crippen LogP contribution in [0.4, 0.5) is 4.79 Å². The molecule has 2 heterocycles. The number of methoxy groups -OCH3 is 2. The molecule has 0 spiro atoms. The van der Waals surface area contributed by atoms with E-state index in [1.807, 2.05) is 20.8 Å². The molecule has 0 bridgehead atoms. The van der Waals surface area contributed by atoms with E-state index in [2.05, 4.69) is 9.97 Å². The summed E-state index contributed by atoms with van der Waals surface area (Å²) in [6.07, 6.45) is 2.21. The number of carbonyl (C=O) groups is 2. The maximum atomic E-state index is 13.3. The minimum atomic E-state index is -0.536. The number of rotatable bonds is 6. The van der Waals surface area contributed by atoms with Crippen molar-refractivity contribution in [3.8, 4) is 17.2 Å². The molecule has 1 aliphatic heterocycles. The Kier molecular flexibility index (Phi) is 7.28. The molecule has 0 N–H and O–H groups in total. The predicted octanol–water partition coefficient (Wildman–Crippen LogP) is 4.66. The molecule has 2 aromatic carbocycles. The number of benzene rings is 2. The summed E-state index contributed by atoms with van der Waals surface area (Å²) < 4.78 is 22.5. The van der Waals surface area contributed by atoms with E-state index in [-0.39, 0.29) is 23.7 Å². The Bertz CT molecular complexity index is 1240. The van der Waals surface area contributed by atoms with Gasteiger partial charge in [0.15, 0.2) is 11.5 Å². The minimum Gasteiger partial charge on any atom is -0.497 e. The van der Waals surface area contributed by atoms with Crippen LogP contribution in [0.25, 0.3) is 10.9 Å². The number of fused-ring (bicyclic) bond motifs is 1. The zero-order valence-electron chi connectivity index (χ0n) is 21.2. The zero-order chi connectivity index (χ0) is 25.9. The second-order valence-electron chi connectivity index (χ2n) is 9.58. The van der Waals surface area contributed by atoms with Crippen molar-refractivity contribution in [2.24, 2.45) is 0 Å². The van der Waals surface area contributed by atoms with Gasteiger partial charge in [-0.15, -0.1) is 0 Å². The van der Waals surface area contributed by atoms with Crippen molar-refractivity contribution in [3.05, 3.63) is 54.0 Å². The number of amides is 1. The SMILES string of the molecule is COc1ccc(C(=O)c2ncnc3cc(OC)c(OC4CCN(C(=O)OC(C)(C)C)CC4)cc23)cc1. The lowest BCUT2D eigenvalue weighted by atomic mass is 10.0. The molecule has 1 saturated heterocycles. The summed E-state index contributed by atoms with van der Waals surface area (Å²) in [7, 11) is 3.13. The lowest BCUT2D eigenvalue weighted by Gasteiger charge is -2.33. The number of carbonyl (C=O) groups excluding carboxylic acids is 2. The third-order valence-electron chi connectivity index (χ3n) is 5.88. The maximum Gasteiger partial charge on any atom is 0.410 e. The summed E-state index contributed by atoms with van der Waals surface area (Å²) in [5, 5.41) is 0.570. The molecular weight excluding hydrogens is 462 g/mol. The van der Waals surface area contributed by atoms with Gasteiger partial charge >= 0.3 is 6.09 Å². The van der Waals surface area contributed by atoms with Crippen molar-refractivity contribution in [1.29, 1.82) is 0 Å². The predicted molar refractivity (Wildman–Crippen MR) is 134 cm³/mol. The van der Waals surface area contributed by atoms with E-state index in [1.165, 1.54) is 6.33 Å². The third kappa shape index (κ3) is 5.67. The van der Waals surface area contributed by atoms with Crippen LogP contribution in [0.1, 0.15) is 49.7 Å². The first-order chi connectivity index (χ1) is 17.2. The Labute approximate surface area is 210 Å². The molecule has 1 aliphatic rings. The first-order valence-electron chi connectivity index (χ1n) is 11.8. The topological polar surface area (TPSA) is 100 Å². The number of piperidine rings is 1. The Morgan fingerprint density at radius 3 is 2.25 bits per heavy atom. The Morgan fingerprint density at radius 2 is 1.64 bits per heavy atom. The highest BCUT2D eigenvalue weighted by Gasteiger charge is 2.28. The summed E-state index contributed by atoms with van der Waals surface area (Å²) in [6, 6.07) is 10.4. The van der Waals surface area contributed by atoms with E-state index in [4.69, 9.17) is 18.9 Å². The van der Waals surface area contributed by atoms with Crippen LogP contribution in [0.5, 0.6) is 17.2 Å². The zero-order valence-corrected chi connectivity index (χ0v) is 21.2. The van der Waals surface area contributed by atoms with Gasteiger partial charge in [0.05, 0.1) is 19.7 Å². The van der Waals surface area contributed by atoms with Gasteiger partial charge in [-0.25, -0.2) is 14.8 Å². The molecule has 1 aromatic heterocycles. The van der Waals surface area contributed by atoms with Crippen molar-refractivity contribution in [3.63, 3.8) is 0 Å². The first-order valence-corrected chi connectivity index (χ1v) is 11.8. The quantitative estimate of drug-likeness (QED) is 0.457. The second-order valence-corrected chi connectivity index (χ2v) is 9.58. The van der Waals surface area contributed by atoms with E-state index in [1.54, 1.807) is 55.5 Å². The lowest BCUT2D eigenvalue weighted by molar-refractivity contribution is 0.0124. The van der Waals surface area contributed by atoms with Crippen molar-refractivity contribution in [2.45, 2.75) is 45.3 Å². The van der Waals surface area contributed by atoms with E-state index in [9.17, 15) is 9.59 Å². The average molecular weight is 494 g/mol. The number of likely N-dealkylation sites (tertiary alicyclic amines) is 1. The van der Waals surface area contributed by atoms with Crippen molar-refractivity contribution in [2.75, 3.05) is 27.3 Å². The van der Waals surface area contributed by atoms with Gasteiger partial charge in [-0.3, -0.25) is 4.79 Å². The molecule has 4 rings (SSSR count). The molecule has 9 heteroatoms. The van der Waals surface area contributed by atoms with Crippen LogP contribution < -0.4 is 14.2 Å². The van der Waals surface area contributed by atoms with Crippen molar-refractivity contribution >= 4 is 22.8 Å². The largest absolute Gasteiger partial charge is 0.497 e. The summed E-state index contributed by atoms with van der Waals surface area (Å²) in [6.45, 7) is 6.61. The third-order valence-corrected chi connectivity index (χ3v) is 5.88. The molecular formula is C27H31N3O6. The van der Waals surface area contributed by atoms with E-state index in [0.717, 1.165) is 0 Å². The second kappa shape index (κ2) is 10.4.